The van der Waals surface area contributed by atoms with Crippen molar-refractivity contribution in [3.63, 3.8) is 0 Å². The summed E-state index contributed by atoms with van der Waals surface area (Å²) in [5.41, 5.74) is 0.0536. The number of hydrogen-bond acceptors (Lipinski definition) is 3. The molecule has 0 aliphatic rings. The minimum atomic E-state index is 0.0536. The summed E-state index contributed by atoms with van der Waals surface area (Å²) in [6.07, 6.45) is 2.92. The number of benzene rings is 1. The highest BCUT2D eigenvalue weighted by molar-refractivity contribution is 5.39. The lowest BCUT2D eigenvalue weighted by molar-refractivity contribution is 0.236. The molecule has 19 heavy (non-hydrogen) atoms. The largest absolute Gasteiger partial charge is 0.493 e. The molecule has 0 aliphatic carbocycles. The van der Waals surface area contributed by atoms with E-state index in [-0.39, 0.29) is 5.41 Å². The van der Waals surface area contributed by atoms with E-state index in [2.05, 4.69) is 25.7 Å². The summed E-state index contributed by atoms with van der Waals surface area (Å²) in [5, 5.41) is 3.36. The van der Waals surface area contributed by atoms with Crippen LogP contribution in [0.25, 0.3) is 0 Å². The molecule has 1 atom stereocenters. The van der Waals surface area contributed by atoms with E-state index in [1.165, 1.54) is 0 Å². The number of ether oxygens (including phenoxy) is 2. The molecule has 0 saturated carbocycles. The summed E-state index contributed by atoms with van der Waals surface area (Å²) >= 11 is 0. The molecule has 0 aliphatic heterocycles. The zero-order valence-corrected chi connectivity index (χ0v) is 12.2. The molecule has 1 aromatic rings. The van der Waals surface area contributed by atoms with Crippen molar-refractivity contribution in [2.24, 2.45) is 5.41 Å². The van der Waals surface area contributed by atoms with E-state index < -0.39 is 0 Å². The average molecular weight is 263 g/mol. The van der Waals surface area contributed by atoms with E-state index in [4.69, 9.17) is 9.47 Å². The Bertz CT molecular complexity index is 392. The molecule has 0 spiro atoms. The zero-order valence-electron chi connectivity index (χ0n) is 12.2. The van der Waals surface area contributed by atoms with Gasteiger partial charge >= 0.3 is 0 Å². The van der Waals surface area contributed by atoms with Crippen LogP contribution in [0.5, 0.6) is 11.5 Å². The first-order chi connectivity index (χ1) is 9.15. The first-order valence-corrected chi connectivity index (χ1v) is 6.75. The van der Waals surface area contributed by atoms with Crippen LogP contribution < -0.4 is 14.8 Å². The Morgan fingerprint density at radius 2 is 2.00 bits per heavy atom. The summed E-state index contributed by atoms with van der Waals surface area (Å²) < 4.78 is 11.1. The summed E-state index contributed by atoms with van der Waals surface area (Å²) in [5.74, 6) is 1.56. The molecule has 0 bridgehead atoms. The number of rotatable bonds is 9. The third-order valence-electron chi connectivity index (χ3n) is 3.27. The Balaban J connectivity index is 2.50. The van der Waals surface area contributed by atoms with Crippen LogP contribution in [-0.2, 0) is 0 Å². The minimum absolute atomic E-state index is 0.0536. The normalized spacial score (nSPS) is 13.6. The smallest absolute Gasteiger partial charge is 0.161 e. The predicted molar refractivity (Wildman–Crippen MR) is 80.0 cm³/mol. The van der Waals surface area contributed by atoms with Gasteiger partial charge < -0.3 is 14.8 Å². The molecule has 1 rings (SSSR count). The molecule has 3 heteroatoms. The molecule has 1 unspecified atom stereocenters. The van der Waals surface area contributed by atoms with Crippen molar-refractivity contribution in [3.05, 3.63) is 36.9 Å². The third kappa shape index (κ3) is 4.95. The Morgan fingerprint density at radius 1 is 1.32 bits per heavy atom. The second-order valence-corrected chi connectivity index (χ2v) is 4.89. The minimum Gasteiger partial charge on any atom is -0.493 e. The molecule has 0 fully saturated rings. The van der Waals surface area contributed by atoms with Gasteiger partial charge in [0.05, 0.1) is 13.7 Å². The second-order valence-electron chi connectivity index (χ2n) is 4.89. The quantitative estimate of drug-likeness (QED) is 0.694. The highest BCUT2D eigenvalue weighted by atomic mass is 16.5. The fraction of sp³-hybridized carbons (Fsp3) is 0.500. The maximum Gasteiger partial charge on any atom is 0.161 e. The number of nitrogens with one attached hydrogen (secondary N) is 1. The molecule has 106 valence electrons. The van der Waals surface area contributed by atoms with Gasteiger partial charge in [-0.3, -0.25) is 0 Å². The van der Waals surface area contributed by atoms with Gasteiger partial charge in [0.2, 0.25) is 0 Å². The van der Waals surface area contributed by atoms with Gasteiger partial charge in [-0.05, 0) is 25.1 Å². The van der Waals surface area contributed by atoms with Crippen LogP contribution in [0.3, 0.4) is 0 Å². The Hall–Kier alpha value is -1.48. The third-order valence-corrected chi connectivity index (χ3v) is 3.27. The van der Waals surface area contributed by atoms with Crippen LogP contribution in [0, 0.1) is 5.41 Å². The van der Waals surface area contributed by atoms with Crippen molar-refractivity contribution in [2.75, 3.05) is 26.8 Å². The molecule has 0 radical (unpaired) electrons. The molecular formula is C16H25NO2. The van der Waals surface area contributed by atoms with E-state index in [9.17, 15) is 0 Å². The van der Waals surface area contributed by atoms with Gasteiger partial charge in [0, 0.05) is 12.0 Å². The lowest BCUT2D eigenvalue weighted by Gasteiger charge is -2.26. The van der Waals surface area contributed by atoms with Crippen molar-refractivity contribution in [1.82, 2.24) is 5.32 Å². The first kappa shape index (κ1) is 15.6. The molecule has 0 heterocycles. The van der Waals surface area contributed by atoms with Crippen molar-refractivity contribution in [3.8, 4) is 11.5 Å². The molecule has 0 aromatic heterocycles. The molecule has 1 aromatic carbocycles. The molecule has 3 nitrogen and oxygen atoms in total. The van der Waals surface area contributed by atoms with Crippen molar-refractivity contribution < 1.29 is 9.47 Å². The van der Waals surface area contributed by atoms with Crippen molar-refractivity contribution in [1.29, 1.82) is 0 Å². The monoisotopic (exact) mass is 263 g/mol. The summed E-state index contributed by atoms with van der Waals surface area (Å²) in [6.45, 7) is 10.8. The number of methoxy groups -OCH3 is 1. The van der Waals surface area contributed by atoms with Crippen LogP contribution >= 0.6 is 0 Å². The SMILES string of the molecule is C=CC(C)(CCOc1ccccc1OC)CNCC. The highest BCUT2D eigenvalue weighted by Crippen LogP contribution is 2.27. The Labute approximate surface area is 116 Å². The van der Waals surface area contributed by atoms with Gasteiger partial charge in [-0.2, -0.15) is 0 Å². The van der Waals surface area contributed by atoms with Gasteiger partial charge in [-0.25, -0.2) is 0 Å². The van der Waals surface area contributed by atoms with Crippen molar-refractivity contribution >= 4 is 0 Å². The van der Waals surface area contributed by atoms with Crippen LogP contribution in [0.1, 0.15) is 20.3 Å². The average Bonchev–Trinajstić information content (AvgIpc) is 2.45. The number of hydrogen-bond donors (Lipinski definition) is 1. The van der Waals surface area contributed by atoms with Crippen LogP contribution in [-0.4, -0.2) is 26.8 Å². The molecule has 0 saturated heterocycles. The van der Waals surface area contributed by atoms with Crippen LogP contribution in [0.4, 0.5) is 0 Å². The van der Waals surface area contributed by atoms with Crippen LogP contribution in [0.2, 0.25) is 0 Å². The van der Waals surface area contributed by atoms with E-state index in [1.807, 2.05) is 30.3 Å². The standard InChI is InChI=1S/C16H25NO2/c1-5-16(3,13-17-6-2)11-12-19-15-10-8-7-9-14(15)18-4/h5,7-10,17H,1,6,11-13H2,2-4H3. The fourth-order valence-corrected chi connectivity index (χ4v) is 1.81. The lowest BCUT2D eigenvalue weighted by Crippen LogP contribution is -2.31. The topological polar surface area (TPSA) is 30.5 Å². The van der Waals surface area contributed by atoms with E-state index in [1.54, 1.807) is 7.11 Å². The second kappa shape index (κ2) is 7.85. The van der Waals surface area contributed by atoms with E-state index in [0.29, 0.717) is 6.61 Å². The highest BCUT2D eigenvalue weighted by Gasteiger charge is 2.19. The molecule has 1 N–H and O–H groups in total. The van der Waals surface area contributed by atoms with Gasteiger partial charge in [-0.1, -0.05) is 32.1 Å². The zero-order chi connectivity index (χ0) is 14.1. The summed E-state index contributed by atoms with van der Waals surface area (Å²) in [4.78, 5) is 0. The molecular weight excluding hydrogens is 238 g/mol. The lowest BCUT2D eigenvalue weighted by atomic mass is 9.87. The van der Waals surface area contributed by atoms with Gasteiger partial charge in [0.25, 0.3) is 0 Å². The van der Waals surface area contributed by atoms with Crippen molar-refractivity contribution in [2.45, 2.75) is 20.3 Å². The first-order valence-electron chi connectivity index (χ1n) is 6.75. The number of para-hydroxylation sites is 2. The summed E-state index contributed by atoms with van der Waals surface area (Å²) in [6, 6.07) is 7.71. The molecule has 0 amide bonds. The predicted octanol–water partition coefficient (Wildman–Crippen LogP) is 3.27. The van der Waals surface area contributed by atoms with Crippen LogP contribution in [0.15, 0.2) is 36.9 Å². The van der Waals surface area contributed by atoms with Gasteiger partial charge in [0.1, 0.15) is 0 Å². The van der Waals surface area contributed by atoms with E-state index >= 15 is 0 Å². The fourth-order valence-electron chi connectivity index (χ4n) is 1.81. The van der Waals surface area contributed by atoms with Gasteiger partial charge in [-0.15, -0.1) is 6.58 Å². The Morgan fingerprint density at radius 3 is 2.58 bits per heavy atom. The maximum absolute atomic E-state index is 5.80. The summed E-state index contributed by atoms with van der Waals surface area (Å²) in [7, 11) is 1.65. The van der Waals surface area contributed by atoms with E-state index in [0.717, 1.165) is 31.0 Å². The van der Waals surface area contributed by atoms with Gasteiger partial charge in [0.15, 0.2) is 11.5 Å². The maximum atomic E-state index is 5.80. The Kier molecular flexibility index (Phi) is 6.43.